The van der Waals surface area contributed by atoms with Crippen molar-refractivity contribution < 1.29 is 38.9 Å². The van der Waals surface area contributed by atoms with Gasteiger partial charge in [0.25, 0.3) is 5.91 Å². The maximum absolute atomic E-state index is 13.4. The first-order valence-electron chi connectivity index (χ1n) is 14.3. The van der Waals surface area contributed by atoms with Crippen LogP contribution in [-0.2, 0) is 22.4 Å². The SMILES string of the molecule is COC(=O)c1c(NC(=O)C(C)Sc2cccc(NC(=O)c3ccc(C(=O)O)cc3C(=O)O)c2)sc2c1CCC(c1ccccc1)C2. The number of methoxy groups -OCH3 is 1. The summed E-state index contributed by atoms with van der Waals surface area (Å²) in [6.07, 6.45) is 2.35. The second-order valence-electron chi connectivity index (χ2n) is 10.7. The Balaban J connectivity index is 1.28. The molecule has 1 aliphatic rings. The van der Waals surface area contributed by atoms with Crippen LogP contribution < -0.4 is 10.6 Å². The van der Waals surface area contributed by atoms with E-state index in [4.69, 9.17) is 4.74 Å². The van der Waals surface area contributed by atoms with Crippen LogP contribution in [0.3, 0.4) is 0 Å². The lowest BCUT2D eigenvalue weighted by molar-refractivity contribution is -0.115. The van der Waals surface area contributed by atoms with Crippen molar-refractivity contribution in [3.63, 3.8) is 0 Å². The molecule has 2 amide bonds. The van der Waals surface area contributed by atoms with Crippen molar-refractivity contribution in [1.29, 1.82) is 0 Å². The van der Waals surface area contributed by atoms with Gasteiger partial charge in [-0.25, -0.2) is 14.4 Å². The summed E-state index contributed by atoms with van der Waals surface area (Å²) in [7, 11) is 1.32. The number of carbonyl (C=O) groups excluding carboxylic acids is 3. The van der Waals surface area contributed by atoms with Gasteiger partial charge in [-0.1, -0.05) is 36.4 Å². The molecule has 2 atom stereocenters. The molecule has 0 spiro atoms. The molecular formula is C34H30N2O8S2. The Morgan fingerprint density at radius 3 is 2.37 bits per heavy atom. The number of amides is 2. The van der Waals surface area contributed by atoms with Crippen molar-refractivity contribution in [3.05, 3.63) is 111 Å². The van der Waals surface area contributed by atoms with Crippen molar-refractivity contribution >= 4 is 63.5 Å². The van der Waals surface area contributed by atoms with Crippen LogP contribution >= 0.6 is 23.1 Å². The van der Waals surface area contributed by atoms with Gasteiger partial charge in [-0.15, -0.1) is 23.1 Å². The molecule has 2 unspecified atom stereocenters. The molecule has 0 bridgehead atoms. The Bertz CT molecular complexity index is 1840. The molecule has 4 N–H and O–H groups in total. The Hall–Kier alpha value is -4.94. The van der Waals surface area contributed by atoms with Gasteiger partial charge in [0.2, 0.25) is 5.91 Å². The zero-order valence-electron chi connectivity index (χ0n) is 24.9. The number of carboxylic acids is 2. The summed E-state index contributed by atoms with van der Waals surface area (Å²) in [6.45, 7) is 1.73. The molecule has 0 aliphatic heterocycles. The van der Waals surface area contributed by atoms with E-state index in [2.05, 4.69) is 22.8 Å². The van der Waals surface area contributed by atoms with Gasteiger partial charge < -0.3 is 25.6 Å². The number of carbonyl (C=O) groups is 5. The van der Waals surface area contributed by atoms with Crippen LogP contribution in [-0.4, -0.2) is 52.3 Å². The number of hydrogen-bond donors (Lipinski definition) is 4. The zero-order chi connectivity index (χ0) is 33.0. The number of benzene rings is 3. The van der Waals surface area contributed by atoms with Gasteiger partial charge in [0.05, 0.1) is 34.6 Å². The summed E-state index contributed by atoms with van der Waals surface area (Å²) in [5.74, 6) is -3.95. The highest BCUT2D eigenvalue weighted by Gasteiger charge is 2.31. The molecule has 12 heteroatoms. The van der Waals surface area contributed by atoms with Gasteiger partial charge in [-0.2, -0.15) is 0 Å². The summed E-state index contributed by atoms with van der Waals surface area (Å²) in [5, 5.41) is 24.2. The molecule has 0 fully saturated rings. The molecule has 1 heterocycles. The van der Waals surface area contributed by atoms with E-state index in [0.717, 1.165) is 41.5 Å². The van der Waals surface area contributed by atoms with Crippen molar-refractivity contribution in [2.45, 2.75) is 42.2 Å². The third-order valence-electron chi connectivity index (χ3n) is 7.68. The van der Waals surface area contributed by atoms with Crippen LogP contribution in [0.25, 0.3) is 0 Å². The lowest BCUT2D eigenvalue weighted by atomic mass is 9.83. The Morgan fingerprint density at radius 1 is 0.913 bits per heavy atom. The minimum absolute atomic E-state index is 0.196. The van der Waals surface area contributed by atoms with E-state index in [0.29, 0.717) is 33.5 Å². The Kier molecular flexibility index (Phi) is 9.88. The number of fused-ring (bicyclic) bond motifs is 1. The number of rotatable bonds is 10. The molecule has 4 aromatic rings. The number of ether oxygens (including phenoxy) is 1. The van der Waals surface area contributed by atoms with E-state index in [1.54, 1.807) is 31.2 Å². The third kappa shape index (κ3) is 7.13. The van der Waals surface area contributed by atoms with Crippen LogP contribution in [0, 0.1) is 0 Å². The van der Waals surface area contributed by atoms with Gasteiger partial charge in [0.15, 0.2) is 0 Å². The number of thiophene rings is 1. The van der Waals surface area contributed by atoms with E-state index in [1.807, 2.05) is 18.2 Å². The molecule has 1 aromatic heterocycles. The van der Waals surface area contributed by atoms with Crippen LogP contribution in [0.4, 0.5) is 10.7 Å². The monoisotopic (exact) mass is 658 g/mol. The first-order valence-corrected chi connectivity index (χ1v) is 16.0. The van der Waals surface area contributed by atoms with Gasteiger partial charge in [0, 0.05) is 15.5 Å². The third-order valence-corrected chi connectivity index (χ3v) is 9.94. The molecule has 5 rings (SSSR count). The molecule has 0 saturated carbocycles. The molecule has 3 aromatic carbocycles. The van der Waals surface area contributed by atoms with Crippen molar-refractivity contribution in [3.8, 4) is 0 Å². The van der Waals surface area contributed by atoms with Crippen LogP contribution in [0.2, 0.25) is 0 Å². The predicted molar refractivity (Wildman–Crippen MR) is 176 cm³/mol. The molecule has 1 aliphatic carbocycles. The van der Waals surface area contributed by atoms with E-state index in [-0.39, 0.29) is 17.0 Å². The fourth-order valence-electron chi connectivity index (χ4n) is 5.37. The fraction of sp³-hybridized carbons (Fsp3) is 0.206. The zero-order valence-corrected chi connectivity index (χ0v) is 26.5. The summed E-state index contributed by atoms with van der Waals surface area (Å²) in [6, 6.07) is 20.2. The summed E-state index contributed by atoms with van der Waals surface area (Å²) < 4.78 is 5.08. The highest BCUT2D eigenvalue weighted by atomic mass is 32.2. The lowest BCUT2D eigenvalue weighted by Gasteiger charge is -2.22. The maximum atomic E-state index is 13.4. The smallest absolute Gasteiger partial charge is 0.341 e. The number of aromatic carboxylic acids is 2. The minimum Gasteiger partial charge on any atom is -0.478 e. The van der Waals surface area contributed by atoms with Crippen molar-refractivity contribution in [1.82, 2.24) is 0 Å². The van der Waals surface area contributed by atoms with Crippen LogP contribution in [0.1, 0.15) is 76.7 Å². The lowest BCUT2D eigenvalue weighted by Crippen LogP contribution is -2.23. The summed E-state index contributed by atoms with van der Waals surface area (Å²) in [5.41, 5.74) is 2.04. The van der Waals surface area contributed by atoms with Crippen molar-refractivity contribution in [2.75, 3.05) is 17.7 Å². The highest BCUT2D eigenvalue weighted by molar-refractivity contribution is 8.00. The normalized spacial score (nSPS) is 14.4. The number of anilines is 2. The largest absolute Gasteiger partial charge is 0.478 e. The standard InChI is InChI=1S/C34H30N2O8S2/c1-18(45-23-10-6-9-22(17-23)35-30(38)24-13-12-21(32(39)40)15-26(24)33(41)42)29(37)36-31-28(34(43)44-2)25-14-11-20(16-27(25)46-31)19-7-4-3-5-8-19/h3-10,12-13,15,17-18,20H,11,14,16H2,1-2H3,(H,35,38)(H,36,37)(H,39,40)(H,41,42). The molecule has 10 nitrogen and oxygen atoms in total. The molecule has 46 heavy (non-hydrogen) atoms. The first kappa shape index (κ1) is 32.5. The minimum atomic E-state index is -1.43. The summed E-state index contributed by atoms with van der Waals surface area (Å²) in [4.78, 5) is 63.8. The second kappa shape index (κ2) is 14.0. The number of thioether (sulfide) groups is 1. The van der Waals surface area contributed by atoms with Crippen LogP contribution in [0.5, 0.6) is 0 Å². The Labute approximate surface area is 272 Å². The average Bonchev–Trinajstić information content (AvgIpc) is 3.41. The van der Waals surface area contributed by atoms with Gasteiger partial charge >= 0.3 is 17.9 Å². The summed E-state index contributed by atoms with van der Waals surface area (Å²) >= 11 is 2.64. The molecule has 236 valence electrons. The van der Waals surface area contributed by atoms with Gasteiger partial charge in [0.1, 0.15) is 5.00 Å². The number of nitrogens with one attached hydrogen (secondary N) is 2. The quantitative estimate of drug-likeness (QED) is 0.109. The van der Waals surface area contributed by atoms with Crippen LogP contribution in [0.15, 0.2) is 77.7 Å². The number of esters is 1. The van der Waals surface area contributed by atoms with E-state index >= 15 is 0 Å². The second-order valence-corrected chi connectivity index (χ2v) is 13.2. The average molecular weight is 659 g/mol. The van der Waals surface area contributed by atoms with Gasteiger partial charge in [-0.05, 0) is 79.6 Å². The Morgan fingerprint density at radius 2 is 1.67 bits per heavy atom. The van der Waals surface area contributed by atoms with Crippen molar-refractivity contribution in [2.24, 2.45) is 0 Å². The van der Waals surface area contributed by atoms with E-state index < -0.39 is 34.6 Å². The molecule has 0 radical (unpaired) electrons. The van der Waals surface area contributed by atoms with Gasteiger partial charge in [-0.3, -0.25) is 9.59 Å². The van der Waals surface area contributed by atoms with E-state index in [1.165, 1.54) is 35.8 Å². The highest BCUT2D eigenvalue weighted by Crippen LogP contribution is 2.43. The predicted octanol–water partition coefficient (Wildman–Crippen LogP) is 6.58. The maximum Gasteiger partial charge on any atom is 0.341 e. The fourth-order valence-corrected chi connectivity index (χ4v) is 7.62. The molecular weight excluding hydrogens is 629 g/mol. The molecule has 0 saturated heterocycles. The van der Waals surface area contributed by atoms with E-state index in [9.17, 15) is 34.2 Å². The topological polar surface area (TPSA) is 159 Å². The first-order chi connectivity index (χ1) is 22.0. The number of carboxylic acid groups (broad SMARTS) is 2. The number of hydrogen-bond acceptors (Lipinski definition) is 8.